The van der Waals surface area contributed by atoms with Gasteiger partial charge in [0.2, 0.25) is 10.0 Å². The molecular weight excluding hydrogens is 470 g/mol. The van der Waals surface area contributed by atoms with Crippen LogP contribution < -0.4 is 5.32 Å². The molecule has 0 radical (unpaired) electrons. The normalized spacial score (nSPS) is 30.1. The first kappa shape index (κ1) is 22.3. The number of nitrogens with zero attached hydrogens (tertiary/aromatic N) is 4. The van der Waals surface area contributed by atoms with Crippen molar-refractivity contribution in [3.63, 3.8) is 0 Å². The number of sulfonamides is 1. The number of nitriles is 1. The first-order valence-corrected chi connectivity index (χ1v) is 13.9. The van der Waals surface area contributed by atoms with Gasteiger partial charge in [0.25, 0.3) is 0 Å². The number of fused-ring (bicyclic) bond motifs is 1. The molecule has 34 heavy (non-hydrogen) atoms. The van der Waals surface area contributed by atoms with E-state index < -0.39 is 10.0 Å². The van der Waals surface area contributed by atoms with E-state index in [0.29, 0.717) is 23.9 Å². The molecule has 0 atom stereocenters. The standard InChI is InChI=1S/C25H28ClN5O2S/c26-21-8-16(12-27)1-2-23(21)34(32,33)31-4-3-20-22(13-31)29-15-30-24(20)28-14-25-9-17-5-18(10-25)7-19(6-17)11-25/h1-2,8,15,17-19H,3-7,9-11,13-14H2,(H,28,29,30). The summed E-state index contributed by atoms with van der Waals surface area (Å²) in [4.78, 5) is 8.99. The van der Waals surface area contributed by atoms with Crippen molar-refractivity contribution in [1.82, 2.24) is 14.3 Å². The third-order valence-corrected chi connectivity index (χ3v) is 10.8. The van der Waals surface area contributed by atoms with Crippen LogP contribution in [0.5, 0.6) is 0 Å². The molecule has 5 aliphatic rings. The first-order chi connectivity index (χ1) is 16.3. The molecule has 178 valence electrons. The summed E-state index contributed by atoms with van der Waals surface area (Å²) in [6.45, 7) is 1.47. The quantitative estimate of drug-likeness (QED) is 0.658. The number of hydrogen-bond acceptors (Lipinski definition) is 6. The maximum atomic E-state index is 13.3. The predicted octanol–water partition coefficient (Wildman–Crippen LogP) is 4.38. The lowest BCUT2D eigenvalue weighted by atomic mass is 9.49. The van der Waals surface area contributed by atoms with E-state index in [1.54, 1.807) is 0 Å². The van der Waals surface area contributed by atoms with E-state index in [-0.39, 0.29) is 16.5 Å². The number of halogens is 1. The van der Waals surface area contributed by atoms with E-state index in [1.165, 1.54) is 67.4 Å². The highest BCUT2D eigenvalue weighted by atomic mass is 35.5. The molecule has 4 fully saturated rings. The Labute approximate surface area is 205 Å². The van der Waals surface area contributed by atoms with Gasteiger partial charge >= 0.3 is 0 Å². The fraction of sp³-hybridized carbons (Fsp3) is 0.560. The van der Waals surface area contributed by atoms with Crippen LogP contribution in [0.4, 0.5) is 5.82 Å². The van der Waals surface area contributed by atoms with Crippen LogP contribution in [-0.4, -0.2) is 35.8 Å². The van der Waals surface area contributed by atoms with E-state index in [9.17, 15) is 8.42 Å². The van der Waals surface area contributed by atoms with Gasteiger partial charge in [-0.05, 0) is 86.3 Å². The molecule has 1 aliphatic heterocycles. The van der Waals surface area contributed by atoms with Gasteiger partial charge in [-0.1, -0.05) is 11.6 Å². The Hall–Kier alpha value is -2.21. The Balaban J connectivity index is 1.20. The molecule has 4 bridgehead atoms. The average Bonchev–Trinajstić information content (AvgIpc) is 2.81. The molecule has 0 unspecified atom stereocenters. The van der Waals surface area contributed by atoms with Gasteiger partial charge in [0.15, 0.2) is 0 Å². The van der Waals surface area contributed by atoms with Gasteiger partial charge in [-0.2, -0.15) is 9.57 Å². The number of anilines is 1. The van der Waals surface area contributed by atoms with Crippen LogP contribution in [0.2, 0.25) is 5.02 Å². The van der Waals surface area contributed by atoms with Crippen molar-refractivity contribution in [2.75, 3.05) is 18.4 Å². The third-order valence-electron chi connectivity index (χ3n) is 8.45. The summed E-state index contributed by atoms with van der Waals surface area (Å²) in [7, 11) is -3.81. The van der Waals surface area contributed by atoms with Gasteiger partial charge in [0.1, 0.15) is 17.0 Å². The molecule has 4 saturated carbocycles. The average molecular weight is 498 g/mol. The van der Waals surface area contributed by atoms with E-state index in [0.717, 1.165) is 41.4 Å². The molecule has 7 rings (SSSR count). The summed E-state index contributed by atoms with van der Waals surface area (Å²) in [6.07, 6.45) is 10.4. The van der Waals surface area contributed by atoms with Gasteiger partial charge in [-0.25, -0.2) is 18.4 Å². The minimum atomic E-state index is -3.81. The molecule has 1 aromatic carbocycles. The molecule has 4 aliphatic carbocycles. The largest absolute Gasteiger partial charge is 0.369 e. The first-order valence-electron chi connectivity index (χ1n) is 12.1. The van der Waals surface area contributed by atoms with Crippen LogP contribution in [0, 0.1) is 34.5 Å². The van der Waals surface area contributed by atoms with Crippen LogP contribution >= 0.6 is 11.6 Å². The smallest absolute Gasteiger partial charge is 0.244 e. The minimum absolute atomic E-state index is 0.0193. The summed E-state index contributed by atoms with van der Waals surface area (Å²) >= 11 is 6.21. The van der Waals surface area contributed by atoms with Crippen LogP contribution in [0.15, 0.2) is 29.4 Å². The summed E-state index contributed by atoms with van der Waals surface area (Å²) in [5.41, 5.74) is 2.48. The molecule has 0 saturated heterocycles. The number of aromatic nitrogens is 2. The van der Waals surface area contributed by atoms with Gasteiger partial charge in [0, 0.05) is 18.7 Å². The van der Waals surface area contributed by atoms with Gasteiger partial charge < -0.3 is 5.32 Å². The summed E-state index contributed by atoms with van der Waals surface area (Å²) in [6, 6.07) is 6.26. The maximum absolute atomic E-state index is 13.3. The zero-order chi connectivity index (χ0) is 23.5. The molecule has 2 heterocycles. The molecule has 7 nitrogen and oxygen atoms in total. The SMILES string of the molecule is N#Cc1ccc(S(=O)(=O)N2CCc3c(ncnc3NCC34CC5CC(CC(C5)C3)C4)C2)c(Cl)c1. The number of nitrogens with one attached hydrogen (secondary N) is 1. The number of hydrogen-bond donors (Lipinski definition) is 1. The van der Waals surface area contributed by atoms with Gasteiger partial charge in [-0.3, -0.25) is 0 Å². The lowest BCUT2D eigenvalue weighted by molar-refractivity contribution is -0.0444. The summed E-state index contributed by atoms with van der Waals surface area (Å²) in [5.74, 6) is 3.56. The zero-order valence-electron chi connectivity index (χ0n) is 19.0. The van der Waals surface area contributed by atoms with Crippen molar-refractivity contribution >= 4 is 27.4 Å². The molecule has 0 amide bonds. The Morgan fingerprint density at radius 1 is 1.15 bits per heavy atom. The van der Waals surface area contributed by atoms with E-state index in [2.05, 4.69) is 15.3 Å². The lowest BCUT2D eigenvalue weighted by Gasteiger charge is -2.57. The van der Waals surface area contributed by atoms with E-state index in [4.69, 9.17) is 16.9 Å². The van der Waals surface area contributed by atoms with Gasteiger partial charge in [0.05, 0.1) is 28.9 Å². The minimum Gasteiger partial charge on any atom is -0.369 e. The Morgan fingerprint density at radius 2 is 1.85 bits per heavy atom. The highest BCUT2D eigenvalue weighted by Gasteiger charge is 2.50. The highest BCUT2D eigenvalue weighted by Crippen LogP contribution is 2.60. The third kappa shape index (κ3) is 3.78. The molecule has 2 aromatic rings. The Bertz CT molecular complexity index is 1250. The second-order valence-corrected chi connectivity index (χ2v) is 13.1. The topological polar surface area (TPSA) is 99.0 Å². The van der Waals surface area contributed by atoms with Crippen molar-refractivity contribution in [2.24, 2.45) is 23.2 Å². The molecular formula is C25H28ClN5O2S. The second kappa shape index (κ2) is 8.18. The zero-order valence-corrected chi connectivity index (χ0v) is 20.6. The van der Waals surface area contributed by atoms with Crippen molar-refractivity contribution in [3.05, 3.63) is 46.4 Å². The van der Waals surface area contributed by atoms with Crippen LogP contribution in [0.25, 0.3) is 0 Å². The second-order valence-electron chi connectivity index (χ2n) is 10.8. The monoisotopic (exact) mass is 497 g/mol. The van der Waals surface area contributed by atoms with Crippen LogP contribution in [-0.2, 0) is 23.0 Å². The fourth-order valence-corrected chi connectivity index (χ4v) is 9.30. The van der Waals surface area contributed by atoms with E-state index >= 15 is 0 Å². The Kier molecular flexibility index (Phi) is 5.36. The molecule has 1 aromatic heterocycles. The number of rotatable bonds is 5. The van der Waals surface area contributed by atoms with Gasteiger partial charge in [-0.15, -0.1) is 0 Å². The molecule has 1 N–H and O–H groups in total. The highest BCUT2D eigenvalue weighted by molar-refractivity contribution is 7.89. The number of benzene rings is 1. The fourth-order valence-electron chi connectivity index (χ4n) is 7.38. The molecule has 9 heteroatoms. The summed E-state index contributed by atoms with van der Waals surface area (Å²) < 4.78 is 28.0. The lowest BCUT2D eigenvalue weighted by Crippen LogP contribution is -2.49. The van der Waals surface area contributed by atoms with E-state index in [1.807, 2.05) is 6.07 Å². The molecule has 0 spiro atoms. The summed E-state index contributed by atoms with van der Waals surface area (Å²) in [5, 5.41) is 12.8. The Morgan fingerprint density at radius 3 is 2.50 bits per heavy atom. The van der Waals surface area contributed by atoms with Crippen molar-refractivity contribution in [2.45, 2.75) is 56.4 Å². The maximum Gasteiger partial charge on any atom is 0.244 e. The predicted molar refractivity (Wildman–Crippen MR) is 129 cm³/mol. The van der Waals surface area contributed by atoms with Crippen LogP contribution in [0.3, 0.4) is 0 Å². The van der Waals surface area contributed by atoms with Crippen molar-refractivity contribution in [3.8, 4) is 6.07 Å². The van der Waals surface area contributed by atoms with Crippen molar-refractivity contribution < 1.29 is 8.42 Å². The van der Waals surface area contributed by atoms with Crippen LogP contribution in [0.1, 0.15) is 55.3 Å². The van der Waals surface area contributed by atoms with Crippen molar-refractivity contribution in [1.29, 1.82) is 5.26 Å².